The average Bonchev–Trinajstić information content (AvgIpc) is 2.72. The highest BCUT2D eigenvalue weighted by molar-refractivity contribution is 6.35. The van der Waals surface area contributed by atoms with Crippen LogP contribution in [0.5, 0.6) is 0 Å². The number of hydrogen-bond acceptors (Lipinski definition) is 4. The standard InChI is InChI=1S/C15H10N2O4/c1-9-5-7-10(8-6-9)16-14(18)11-3-2-4-12(17(20)21)13(11)15(16)19/h2-8H,1H3. The van der Waals surface area contributed by atoms with Gasteiger partial charge in [-0.05, 0) is 25.1 Å². The number of rotatable bonds is 2. The van der Waals surface area contributed by atoms with E-state index in [4.69, 9.17) is 0 Å². The van der Waals surface area contributed by atoms with E-state index in [1.54, 1.807) is 24.3 Å². The van der Waals surface area contributed by atoms with Crippen LogP contribution in [0, 0.1) is 17.0 Å². The molecule has 104 valence electrons. The Morgan fingerprint density at radius 1 is 1.00 bits per heavy atom. The zero-order valence-corrected chi connectivity index (χ0v) is 11.1. The second kappa shape index (κ2) is 4.52. The minimum absolute atomic E-state index is 0.0646. The summed E-state index contributed by atoms with van der Waals surface area (Å²) in [6.07, 6.45) is 0. The molecule has 1 aliphatic rings. The van der Waals surface area contributed by atoms with Gasteiger partial charge in [0.15, 0.2) is 0 Å². The molecule has 0 fully saturated rings. The summed E-state index contributed by atoms with van der Waals surface area (Å²) in [5.41, 5.74) is 0.964. The number of fused-ring (bicyclic) bond motifs is 1. The summed E-state index contributed by atoms with van der Waals surface area (Å²) in [5, 5.41) is 11.0. The molecule has 3 rings (SSSR count). The molecule has 0 spiro atoms. The normalized spacial score (nSPS) is 13.5. The highest BCUT2D eigenvalue weighted by Gasteiger charge is 2.41. The fourth-order valence-corrected chi connectivity index (χ4v) is 2.35. The number of nitro groups is 1. The quantitative estimate of drug-likeness (QED) is 0.482. The van der Waals surface area contributed by atoms with Gasteiger partial charge in [0.25, 0.3) is 17.5 Å². The third-order valence-corrected chi connectivity index (χ3v) is 3.38. The monoisotopic (exact) mass is 282 g/mol. The van der Waals surface area contributed by atoms with Gasteiger partial charge in [-0.3, -0.25) is 19.7 Å². The Kier molecular flexibility index (Phi) is 2.79. The van der Waals surface area contributed by atoms with Gasteiger partial charge < -0.3 is 0 Å². The number of imide groups is 1. The van der Waals surface area contributed by atoms with Crippen molar-refractivity contribution in [3.8, 4) is 0 Å². The van der Waals surface area contributed by atoms with Crippen molar-refractivity contribution in [2.75, 3.05) is 4.90 Å². The topological polar surface area (TPSA) is 80.5 Å². The van der Waals surface area contributed by atoms with E-state index in [1.807, 2.05) is 6.92 Å². The first-order valence-electron chi connectivity index (χ1n) is 6.23. The van der Waals surface area contributed by atoms with Crippen LogP contribution in [0.15, 0.2) is 42.5 Å². The Bertz CT molecular complexity index is 781. The molecular weight excluding hydrogens is 272 g/mol. The lowest BCUT2D eigenvalue weighted by Gasteiger charge is -2.13. The number of anilines is 1. The van der Waals surface area contributed by atoms with Crippen molar-refractivity contribution in [1.82, 2.24) is 0 Å². The zero-order valence-electron chi connectivity index (χ0n) is 11.1. The van der Waals surface area contributed by atoms with Gasteiger partial charge in [0, 0.05) is 6.07 Å². The Morgan fingerprint density at radius 3 is 2.29 bits per heavy atom. The SMILES string of the molecule is Cc1ccc(N2C(=O)c3cccc([N+](=O)[O-])c3C2=O)cc1. The fraction of sp³-hybridized carbons (Fsp3) is 0.0667. The molecule has 1 heterocycles. The molecule has 0 aromatic heterocycles. The van der Waals surface area contributed by atoms with Gasteiger partial charge in [0.1, 0.15) is 5.56 Å². The number of nitrogens with zero attached hydrogens (tertiary/aromatic N) is 2. The summed E-state index contributed by atoms with van der Waals surface area (Å²) in [4.78, 5) is 36.1. The molecule has 0 saturated heterocycles. The van der Waals surface area contributed by atoms with Crippen LogP contribution in [-0.4, -0.2) is 16.7 Å². The summed E-state index contributed by atoms with van der Waals surface area (Å²) in [6.45, 7) is 1.89. The highest BCUT2D eigenvalue weighted by Crippen LogP contribution is 2.33. The van der Waals surface area contributed by atoms with E-state index in [1.165, 1.54) is 18.2 Å². The maximum absolute atomic E-state index is 12.4. The minimum atomic E-state index is -0.661. The first-order valence-corrected chi connectivity index (χ1v) is 6.23. The molecule has 0 radical (unpaired) electrons. The number of aryl methyl sites for hydroxylation is 1. The molecule has 2 amide bonds. The van der Waals surface area contributed by atoms with Crippen LogP contribution in [0.1, 0.15) is 26.3 Å². The van der Waals surface area contributed by atoms with E-state index < -0.39 is 16.7 Å². The van der Waals surface area contributed by atoms with Crippen LogP contribution in [0.3, 0.4) is 0 Å². The van der Waals surface area contributed by atoms with Crippen molar-refractivity contribution in [2.24, 2.45) is 0 Å². The van der Waals surface area contributed by atoms with E-state index in [9.17, 15) is 19.7 Å². The second-order valence-electron chi connectivity index (χ2n) is 4.74. The zero-order chi connectivity index (χ0) is 15.1. The number of hydrogen-bond donors (Lipinski definition) is 0. The van der Waals surface area contributed by atoms with Crippen molar-refractivity contribution in [2.45, 2.75) is 6.92 Å². The molecule has 0 unspecified atom stereocenters. The highest BCUT2D eigenvalue weighted by atomic mass is 16.6. The molecule has 0 N–H and O–H groups in total. The Balaban J connectivity index is 2.15. The molecule has 1 aliphatic heterocycles. The second-order valence-corrected chi connectivity index (χ2v) is 4.74. The number of amides is 2. The van der Waals surface area contributed by atoms with Crippen LogP contribution in [-0.2, 0) is 0 Å². The number of benzene rings is 2. The number of carbonyl (C=O) groups excluding carboxylic acids is 2. The van der Waals surface area contributed by atoms with E-state index >= 15 is 0 Å². The smallest absolute Gasteiger partial charge is 0.268 e. The predicted molar refractivity (Wildman–Crippen MR) is 75.4 cm³/mol. The maximum atomic E-state index is 12.4. The first kappa shape index (κ1) is 13.0. The maximum Gasteiger partial charge on any atom is 0.283 e. The van der Waals surface area contributed by atoms with Crippen molar-refractivity contribution < 1.29 is 14.5 Å². The molecular formula is C15H10N2O4. The third-order valence-electron chi connectivity index (χ3n) is 3.38. The Morgan fingerprint density at radius 2 is 1.67 bits per heavy atom. The van der Waals surface area contributed by atoms with E-state index in [-0.39, 0.29) is 16.8 Å². The summed E-state index contributed by atoms with van der Waals surface area (Å²) < 4.78 is 0. The fourth-order valence-electron chi connectivity index (χ4n) is 2.35. The van der Waals surface area contributed by atoms with Gasteiger partial charge in [-0.25, -0.2) is 4.90 Å². The van der Waals surface area contributed by atoms with Gasteiger partial charge >= 0.3 is 0 Å². The number of carbonyl (C=O) groups is 2. The summed E-state index contributed by atoms with van der Waals surface area (Å²) in [7, 11) is 0. The van der Waals surface area contributed by atoms with Crippen LogP contribution in [0.4, 0.5) is 11.4 Å². The summed E-state index contributed by atoms with van der Waals surface area (Å²) >= 11 is 0. The van der Waals surface area contributed by atoms with E-state index in [2.05, 4.69) is 0 Å². The lowest BCUT2D eigenvalue weighted by Crippen LogP contribution is -2.29. The molecule has 0 atom stereocenters. The average molecular weight is 282 g/mol. The molecule has 6 nitrogen and oxygen atoms in total. The van der Waals surface area contributed by atoms with Crippen LogP contribution in [0.25, 0.3) is 0 Å². The molecule has 2 aromatic carbocycles. The van der Waals surface area contributed by atoms with Crippen molar-refractivity contribution in [1.29, 1.82) is 0 Å². The molecule has 0 bridgehead atoms. The van der Waals surface area contributed by atoms with Gasteiger partial charge in [-0.1, -0.05) is 23.8 Å². The van der Waals surface area contributed by atoms with Gasteiger partial charge in [-0.15, -0.1) is 0 Å². The molecule has 2 aromatic rings. The van der Waals surface area contributed by atoms with Crippen molar-refractivity contribution >= 4 is 23.2 Å². The Hall–Kier alpha value is -3.02. The van der Waals surface area contributed by atoms with Crippen molar-refractivity contribution in [3.63, 3.8) is 0 Å². The largest absolute Gasteiger partial charge is 0.283 e. The third kappa shape index (κ3) is 1.88. The number of nitro benzene ring substituents is 1. The van der Waals surface area contributed by atoms with Gasteiger partial charge in [0.2, 0.25) is 0 Å². The minimum Gasteiger partial charge on any atom is -0.268 e. The van der Waals surface area contributed by atoms with Crippen LogP contribution in [0.2, 0.25) is 0 Å². The van der Waals surface area contributed by atoms with Gasteiger partial charge in [0.05, 0.1) is 16.2 Å². The van der Waals surface area contributed by atoms with Crippen LogP contribution < -0.4 is 4.90 Å². The lowest BCUT2D eigenvalue weighted by atomic mass is 10.1. The van der Waals surface area contributed by atoms with Gasteiger partial charge in [-0.2, -0.15) is 0 Å². The van der Waals surface area contributed by atoms with Crippen LogP contribution >= 0.6 is 0 Å². The molecule has 21 heavy (non-hydrogen) atoms. The first-order chi connectivity index (χ1) is 10.0. The van der Waals surface area contributed by atoms with E-state index in [0.29, 0.717) is 5.69 Å². The molecule has 0 saturated carbocycles. The molecule has 0 aliphatic carbocycles. The summed E-state index contributed by atoms with van der Waals surface area (Å²) in [5.74, 6) is -1.20. The molecule has 6 heteroatoms. The summed E-state index contributed by atoms with van der Waals surface area (Å²) in [6, 6.07) is 10.9. The Labute approximate surface area is 119 Å². The van der Waals surface area contributed by atoms with Crippen molar-refractivity contribution in [3.05, 3.63) is 69.3 Å². The van der Waals surface area contributed by atoms with E-state index in [0.717, 1.165) is 10.5 Å². The lowest BCUT2D eigenvalue weighted by molar-refractivity contribution is -0.385. The predicted octanol–water partition coefficient (Wildman–Crippen LogP) is 2.70.